The molecule has 1 aromatic rings. The average Bonchev–Trinajstić information content (AvgIpc) is 2.93. The number of piperidine rings is 1. The van der Waals surface area contributed by atoms with Crippen LogP contribution in [0.15, 0.2) is 16.8 Å². The Balaban J connectivity index is 2.14. The molecule has 4 heteroatoms. The number of hydrogen-bond acceptors (Lipinski definition) is 4. The first-order chi connectivity index (χ1) is 9.13. The Morgan fingerprint density at radius 3 is 2.89 bits per heavy atom. The molecule has 3 unspecified atom stereocenters. The number of nitrogens with two attached hydrogens (primary N) is 1. The molecule has 0 spiro atoms. The Morgan fingerprint density at radius 2 is 2.32 bits per heavy atom. The third-order valence-corrected chi connectivity index (χ3v) is 5.01. The van der Waals surface area contributed by atoms with E-state index < -0.39 is 0 Å². The Labute approximate surface area is 121 Å². The first-order valence-electron chi connectivity index (χ1n) is 7.31. The van der Waals surface area contributed by atoms with Gasteiger partial charge >= 0.3 is 0 Å². The van der Waals surface area contributed by atoms with E-state index in [2.05, 4.69) is 47.6 Å². The lowest BCUT2D eigenvalue weighted by molar-refractivity contribution is 0.0834. The third-order valence-electron chi connectivity index (χ3n) is 4.31. The van der Waals surface area contributed by atoms with Gasteiger partial charge in [0.25, 0.3) is 0 Å². The molecule has 0 aromatic carbocycles. The predicted octanol–water partition coefficient (Wildman–Crippen LogP) is 2.55. The SMILES string of the molecule is CCC(N)C(c1ccsc1)N1CCCC(N(C)C)C1. The zero-order valence-corrected chi connectivity index (χ0v) is 13.2. The lowest BCUT2D eigenvalue weighted by Gasteiger charge is -2.42. The lowest BCUT2D eigenvalue weighted by Crippen LogP contribution is -2.50. The number of likely N-dealkylation sites (tertiary alicyclic amines) is 1. The maximum Gasteiger partial charge on any atom is 0.0507 e. The highest BCUT2D eigenvalue weighted by atomic mass is 32.1. The van der Waals surface area contributed by atoms with Gasteiger partial charge in [-0.1, -0.05) is 6.92 Å². The Kier molecular flexibility index (Phi) is 5.39. The summed E-state index contributed by atoms with van der Waals surface area (Å²) >= 11 is 1.77. The van der Waals surface area contributed by atoms with E-state index in [9.17, 15) is 0 Å². The molecule has 1 aliphatic rings. The lowest BCUT2D eigenvalue weighted by atomic mass is 9.94. The molecule has 0 aliphatic carbocycles. The van der Waals surface area contributed by atoms with E-state index in [0.29, 0.717) is 12.1 Å². The fraction of sp³-hybridized carbons (Fsp3) is 0.733. The Morgan fingerprint density at radius 1 is 1.53 bits per heavy atom. The summed E-state index contributed by atoms with van der Waals surface area (Å²) in [7, 11) is 4.38. The number of hydrogen-bond donors (Lipinski definition) is 1. The molecule has 1 saturated heterocycles. The first-order valence-corrected chi connectivity index (χ1v) is 8.26. The highest BCUT2D eigenvalue weighted by Gasteiger charge is 2.30. The van der Waals surface area contributed by atoms with Crippen LogP contribution in [0.25, 0.3) is 0 Å². The van der Waals surface area contributed by atoms with E-state index >= 15 is 0 Å². The Hall–Kier alpha value is -0.420. The third kappa shape index (κ3) is 3.57. The van der Waals surface area contributed by atoms with Crippen LogP contribution in [0, 0.1) is 0 Å². The molecule has 2 heterocycles. The van der Waals surface area contributed by atoms with Gasteiger partial charge < -0.3 is 10.6 Å². The van der Waals surface area contributed by atoms with Crippen molar-refractivity contribution >= 4 is 11.3 Å². The van der Waals surface area contributed by atoms with Crippen LogP contribution in [-0.4, -0.2) is 49.1 Å². The molecule has 3 nitrogen and oxygen atoms in total. The maximum absolute atomic E-state index is 6.41. The zero-order valence-electron chi connectivity index (χ0n) is 12.4. The molecule has 19 heavy (non-hydrogen) atoms. The van der Waals surface area contributed by atoms with Crippen LogP contribution in [0.4, 0.5) is 0 Å². The van der Waals surface area contributed by atoms with Gasteiger partial charge in [-0.3, -0.25) is 4.90 Å². The predicted molar refractivity (Wildman–Crippen MR) is 83.6 cm³/mol. The van der Waals surface area contributed by atoms with Crippen molar-refractivity contribution in [3.63, 3.8) is 0 Å². The van der Waals surface area contributed by atoms with E-state index in [0.717, 1.165) is 13.0 Å². The van der Waals surface area contributed by atoms with Gasteiger partial charge in [0.15, 0.2) is 0 Å². The molecule has 1 aromatic heterocycles. The summed E-state index contributed by atoms with van der Waals surface area (Å²) in [5.74, 6) is 0. The Bertz CT molecular complexity index is 363. The van der Waals surface area contributed by atoms with E-state index in [1.807, 2.05) is 0 Å². The molecule has 3 atom stereocenters. The topological polar surface area (TPSA) is 32.5 Å². The molecule has 1 aliphatic heterocycles. The van der Waals surface area contributed by atoms with Crippen LogP contribution in [0.1, 0.15) is 37.8 Å². The summed E-state index contributed by atoms with van der Waals surface area (Å²) in [6.07, 6.45) is 3.62. The van der Waals surface area contributed by atoms with E-state index in [-0.39, 0.29) is 6.04 Å². The zero-order chi connectivity index (χ0) is 13.8. The largest absolute Gasteiger partial charge is 0.326 e. The molecule has 2 N–H and O–H groups in total. The number of nitrogens with zero attached hydrogens (tertiary/aromatic N) is 2. The molecule has 0 bridgehead atoms. The van der Waals surface area contributed by atoms with Crippen LogP contribution in [0.2, 0.25) is 0 Å². The summed E-state index contributed by atoms with van der Waals surface area (Å²) in [4.78, 5) is 4.96. The van der Waals surface area contributed by atoms with Gasteiger partial charge in [-0.2, -0.15) is 11.3 Å². The smallest absolute Gasteiger partial charge is 0.0507 e. The van der Waals surface area contributed by atoms with Crippen molar-refractivity contribution < 1.29 is 0 Å². The van der Waals surface area contributed by atoms with Crippen molar-refractivity contribution in [2.45, 2.75) is 44.3 Å². The van der Waals surface area contributed by atoms with Crippen molar-refractivity contribution in [3.05, 3.63) is 22.4 Å². The summed E-state index contributed by atoms with van der Waals surface area (Å²) in [6, 6.07) is 3.53. The van der Waals surface area contributed by atoms with Crippen LogP contribution >= 0.6 is 11.3 Å². The molecular formula is C15H27N3S. The van der Waals surface area contributed by atoms with Crippen molar-refractivity contribution in [2.24, 2.45) is 5.73 Å². The molecule has 2 rings (SSSR count). The van der Waals surface area contributed by atoms with Gasteiger partial charge in [-0.15, -0.1) is 0 Å². The molecule has 0 saturated carbocycles. The second kappa shape index (κ2) is 6.84. The average molecular weight is 281 g/mol. The second-order valence-electron chi connectivity index (χ2n) is 5.83. The van der Waals surface area contributed by atoms with Gasteiger partial charge in [0.1, 0.15) is 0 Å². The van der Waals surface area contributed by atoms with Gasteiger partial charge in [-0.05, 0) is 62.3 Å². The first kappa shape index (κ1) is 15.0. The minimum absolute atomic E-state index is 0.232. The standard InChI is InChI=1S/C15H27N3S/c1-4-14(16)15(12-7-9-19-11-12)18-8-5-6-13(10-18)17(2)3/h7,9,11,13-15H,4-6,8,10,16H2,1-3H3. The maximum atomic E-state index is 6.41. The fourth-order valence-electron chi connectivity index (χ4n) is 3.05. The molecular weight excluding hydrogens is 254 g/mol. The minimum Gasteiger partial charge on any atom is -0.326 e. The van der Waals surface area contributed by atoms with Crippen LogP contribution in [-0.2, 0) is 0 Å². The normalized spacial score (nSPS) is 24.6. The van der Waals surface area contributed by atoms with Crippen molar-refractivity contribution in [1.82, 2.24) is 9.80 Å². The molecule has 0 radical (unpaired) electrons. The highest BCUT2D eigenvalue weighted by molar-refractivity contribution is 7.07. The van der Waals surface area contributed by atoms with E-state index in [1.54, 1.807) is 11.3 Å². The van der Waals surface area contributed by atoms with Crippen LogP contribution in [0.5, 0.6) is 0 Å². The van der Waals surface area contributed by atoms with Crippen molar-refractivity contribution in [3.8, 4) is 0 Å². The summed E-state index contributed by atoms with van der Waals surface area (Å²) in [6.45, 7) is 4.51. The van der Waals surface area contributed by atoms with Crippen molar-refractivity contribution in [2.75, 3.05) is 27.2 Å². The van der Waals surface area contributed by atoms with E-state index in [4.69, 9.17) is 5.73 Å². The fourth-order valence-corrected chi connectivity index (χ4v) is 3.74. The quantitative estimate of drug-likeness (QED) is 0.900. The van der Waals surface area contributed by atoms with Crippen LogP contribution < -0.4 is 5.73 Å². The van der Waals surface area contributed by atoms with E-state index in [1.165, 1.54) is 24.9 Å². The van der Waals surface area contributed by atoms with Crippen molar-refractivity contribution in [1.29, 1.82) is 0 Å². The van der Waals surface area contributed by atoms with Gasteiger partial charge in [0.05, 0.1) is 6.04 Å². The van der Waals surface area contributed by atoms with Crippen LogP contribution in [0.3, 0.4) is 0 Å². The monoisotopic (exact) mass is 281 g/mol. The number of thiophene rings is 1. The van der Waals surface area contributed by atoms with Gasteiger partial charge in [0, 0.05) is 18.6 Å². The molecule has 108 valence electrons. The molecule has 1 fully saturated rings. The number of likely N-dealkylation sites (N-methyl/N-ethyl adjacent to an activating group) is 1. The van der Waals surface area contributed by atoms with Gasteiger partial charge in [-0.25, -0.2) is 0 Å². The summed E-state index contributed by atoms with van der Waals surface area (Å²) < 4.78 is 0. The second-order valence-corrected chi connectivity index (χ2v) is 6.61. The summed E-state index contributed by atoms with van der Waals surface area (Å²) in [5, 5.41) is 4.43. The highest BCUT2D eigenvalue weighted by Crippen LogP contribution is 2.30. The number of rotatable bonds is 5. The van der Waals surface area contributed by atoms with Gasteiger partial charge in [0.2, 0.25) is 0 Å². The minimum atomic E-state index is 0.232. The summed E-state index contributed by atoms with van der Waals surface area (Å²) in [5.41, 5.74) is 7.81. The molecule has 0 amide bonds.